The van der Waals surface area contributed by atoms with Crippen molar-refractivity contribution in [3.63, 3.8) is 0 Å². The van der Waals surface area contributed by atoms with E-state index in [1.165, 1.54) is 4.31 Å². The Hall–Kier alpha value is -2.91. The number of para-hydroxylation sites is 1. The van der Waals surface area contributed by atoms with Crippen LogP contribution in [0.3, 0.4) is 0 Å². The average Bonchev–Trinajstić information content (AvgIpc) is 3.27. The van der Waals surface area contributed by atoms with Crippen LogP contribution < -0.4 is 5.32 Å². The van der Waals surface area contributed by atoms with Crippen LogP contribution in [0.15, 0.2) is 47.4 Å². The highest BCUT2D eigenvalue weighted by Crippen LogP contribution is 2.25. The second-order valence-corrected chi connectivity index (χ2v) is 9.52. The summed E-state index contributed by atoms with van der Waals surface area (Å²) in [5.41, 5.74) is 1.90. The number of hydrogen-bond donors (Lipinski definition) is 1. The number of piperazine rings is 1. The van der Waals surface area contributed by atoms with Gasteiger partial charge in [0.05, 0.1) is 23.0 Å². The van der Waals surface area contributed by atoms with Crippen LogP contribution >= 0.6 is 11.7 Å². The zero-order valence-electron chi connectivity index (χ0n) is 16.6. The number of anilines is 1. The zero-order valence-corrected chi connectivity index (χ0v) is 18.2. The summed E-state index contributed by atoms with van der Waals surface area (Å²) in [6.07, 6.45) is 0.260. The molecule has 1 fully saturated rings. The summed E-state index contributed by atoms with van der Waals surface area (Å²) in [6, 6.07) is 13.9. The molecule has 0 atom stereocenters. The molecule has 2 heterocycles. The van der Waals surface area contributed by atoms with Crippen LogP contribution in [0.4, 0.5) is 5.69 Å². The van der Waals surface area contributed by atoms with Gasteiger partial charge in [0.1, 0.15) is 22.0 Å². The molecule has 1 aromatic heterocycles. The van der Waals surface area contributed by atoms with Gasteiger partial charge < -0.3 is 10.2 Å². The number of carbonyl (C=O) groups is 1. The molecule has 0 aliphatic carbocycles. The minimum Gasteiger partial charge on any atom is -0.325 e. The van der Waals surface area contributed by atoms with Gasteiger partial charge in [-0.2, -0.15) is 18.3 Å². The number of nitrogens with zero attached hydrogens (tertiary/aromatic N) is 5. The van der Waals surface area contributed by atoms with Gasteiger partial charge in [-0.3, -0.25) is 4.79 Å². The fourth-order valence-electron chi connectivity index (χ4n) is 3.48. The maximum absolute atomic E-state index is 13.1. The van der Waals surface area contributed by atoms with Crippen LogP contribution in [0.25, 0.3) is 11.0 Å². The number of rotatable bonds is 6. The lowest BCUT2D eigenvalue weighted by Gasteiger charge is -2.33. The largest absolute Gasteiger partial charge is 0.325 e. The number of sulfonamides is 1. The van der Waals surface area contributed by atoms with E-state index >= 15 is 0 Å². The predicted molar refractivity (Wildman–Crippen MR) is 117 cm³/mol. The lowest BCUT2D eigenvalue weighted by atomic mass is 10.2. The second-order valence-electron chi connectivity index (χ2n) is 7.09. The molecule has 0 radical (unpaired) electrons. The van der Waals surface area contributed by atoms with Crippen molar-refractivity contribution in [3.8, 4) is 6.07 Å². The molecule has 2 aromatic carbocycles. The van der Waals surface area contributed by atoms with Gasteiger partial charge in [-0.25, -0.2) is 8.42 Å². The Labute approximate surface area is 184 Å². The Morgan fingerprint density at radius 3 is 2.65 bits per heavy atom. The third-order valence-corrected chi connectivity index (χ3v) is 7.65. The van der Waals surface area contributed by atoms with Crippen molar-refractivity contribution in [2.75, 3.05) is 38.0 Å². The number of hydrogen-bond acceptors (Lipinski definition) is 8. The van der Waals surface area contributed by atoms with E-state index in [1.54, 1.807) is 42.5 Å². The topological polar surface area (TPSA) is 119 Å². The number of fused-ring (bicyclic) bond motifs is 1. The van der Waals surface area contributed by atoms with Gasteiger partial charge in [-0.1, -0.05) is 18.2 Å². The molecule has 31 heavy (non-hydrogen) atoms. The minimum absolute atomic E-state index is 0.180. The summed E-state index contributed by atoms with van der Waals surface area (Å²) in [4.78, 5) is 14.5. The summed E-state index contributed by atoms with van der Waals surface area (Å²) in [6.45, 7) is 2.27. The summed E-state index contributed by atoms with van der Waals surface area (Å²) in [5, 5.41) is 11.9. The Morgan fingerprint density at radius 1 is 1.10 bits per heavy atom. The molecule has 0 bridgehead atoms. The Morgan fingerprint density at radius 2 is 1.87 bits per heavy atom. The van der Waals surface area contributed by atoms with Crippen LogP contribution in [-0.2, 0) is 14.8 Å². The van der Waals surface area contributed by atoms with Crippen molar-refractivity contribution in [3.05, 3.63) is 48.0 Å². The van der Waals surface area contributed by atoms with E-state index in [-0.39, 0.29) is 17.2 Å². The summed E-state index contributed by atoms with van der Waals surface area (Å²) in [7, 11) is -3.66. The monoisotopic (exact) mass is 456 g/mol. The van der Waals surface area contributed by atoms with Crippen LogP contribution in [0.5, 0.6) is 0 Å². The summed E-state index contributed by atoms with van der Waals surface area (Å²) in [5.74, 6) is -0.180. The van der Waals surface area contributed by atoms with E-state index in [9.17, 15) is 13.2 Å². The van der Waals surface area contributed by atoms with Gasteiger partial charge >= 0.3 is 0 Å². The van der Waals surface area contributed by atoms with E-state index in [0.29, 0.717) is 55.0 Å². The van der Waals surface area contributed by atoms with Crippen molar-refractivity contribution in [1.82, 2.24) is 18.0 Å². The number of benzene rings is 2. The lowest BCUT2D eigenvalue weighted by Crippen LogP contribution is -2.49. The molecule has 3 aromatic rings. The standard InChI is InChI=1S/C20H20N6O3S2/c21-14-15-4-1-2-5-16(15)22-19(27)8-9-25-10-12-26(13-11-25)31(28,29)18-7-3-6-17-20(18)24-30-23-17/h1-7H,8-13H2,(H,22,27). The van der Waals surface area contributed by atoms with Crippen LogP contribution in [0.2, 0.25) is 0 Å². The normalized spacial score (nSPS) is 15.6. The maximum Gasteiger partial charge on any atom is 0.245 e. The van der Waals surface area contributed by atoms with Gasteiger partial charge in [0.2, 0.25) is 15.9 Å². The number of carbonyl (C=O) groups excluding carboxylic acids is 1. The van der Waals surface area contributed by atoms with Gasteiger partial charge in [-0.15, -0.1) is 0 Å². The number of amides is 1. The van der Waals surface area contributed by atoms with Gasteiger partial charge in [0, 0.05) is 39.1 Å². The Bertz CT molecular complexity index is 1240. The van der Waals surface area contributed by atoms with Crippen molar-refractivity contribution >= 4 is 44.4 Å². The van der Waals surface area contributed by atoms with Crippen LogP contribution in [-0.4, -0.2) is 65.0 Å². The first-order chi connectivity index (χ1) is 15.0. The molecule has 11 heteroatoms. The van der Waals surface area contributed by atoms with Gasteiger partial charge in [-0.05, 0) is 24.3 Å². The highest BCUT2D eigenvalue weighted by atomic mass is 32.2. The molecule has 160 valence electrons. The zero-order chi connectivity index (χ0) is 21.8. The highest BCUT2D eigenvalue weighted by molar-refractivity contribution is 7.89. The van der Waals surface area contributed by atoms with Crippen molar-refractivity contribution in [1.29, 1.82) is 5.26 Å². The van der Waals surface area contributed by atoms with E-state index in [4.69, 9.17) is 5.26 Å². The molecule has 1 amide bonds. The van der Waals surface area contributed by atoms with Crippen LogP contribution in [0, 0.1) is 11.3 Å². The number of nitriles is 1. The molecule has 1 saturated heterocycles. The molecule has 0 spiro atoms. The molecular formula is C20H20N6O3S2. The molecule has 1 aliphatic rings. The molecular weight excluding hydrogens is 436 g/mol. The van der Waals surface area contributed by atoms with Gasteiger partial charge in [0.15, 0.2) is 0 Å². The average molecular weight is 457 g/mol. The first kappa shape index (κ1) is 21.3. The van der Waals surface area contributed by atoms with E-state index < -0.39 is 10.0 Å². The highest BCUT2D eigenvalue weighted by Gasteiger charge is 2.30. The number of aromatic nitrogens is 2. The predicted octanol–water partition coefficient (Wildman–Crippen LogP) is 1.90. The van der Waals surface area contributed by atoms with Gasteiger partial charge in [0.25, 0.3) is 0 Å². The third-order valence-electron chi connectivity index (χ3n) is 5.17. The summed E-state index contributed by atoms with van der Waals surface area (Å²) < 4.78 is 35.9. The Kier molecular flexibility index (Phi) is 6.24. The summed E-state index contributed by atoms with van der Waals surface area (Å²) >= 11 is 0.995. The van der Waals surface area contributed by atoms with Crippen LogP contribution in [0.1, 0.15) is 12.0 Å². The lowest BCUT2D eigenvalue weighted by molar-refractivity contribution is -0.116. The van der Waals surface area contributed by atoms with E-state index in [2.05, 4.69) is 25.0 Å². The molecule has 0 unspecified atom stereocenters. The smallest absolute Gasteiger partial charge is 0.245 e. The SMILES string of the molecule is N#Cc1ccccc1NC(=O)CCN1CCN(S(=O)(=O)c2cccc3nsnc23)CC1. The van der Waals surface area contributed by atoms with Crippen molar-refractivity contribution in [2.45, 2.75) is 11.3 Å². The number of nitrogens with one attached hydrogen (secondary N) is 1. The first-order valence-corrected chi connectivity index (χ1v) is 11.9. The molecule has 4 rings (SSSR count). The fourth-order valence-corrected chi connectivity index (χ4v) is 5.66. The van der Waals surface area contributed by atoms with E-state index in [0.717, 1.165) is 11.7 Å². The first-order valence-electron chi connectivity index (χ1n) is 9.72. The molecule has 9 nitrogen and oxygen atoms in total. The molecule has 0 saturated carbocycles. The quantitative estimate of drug-likeness (QED) is 0.601. The van der Waals surface area contributed by atoms with E-state index in [1.807, 2.05) is 0 Å². The third kappa shape index (κ3) is 4.57. The maximum atomic E-state index is 13.1. The minimum atomic E-state index is -3.66. The molecule has 1 aliphatic heterocycles. The fraction of sp³-hybridized carbons (Fsp3) is 0.300. The van der Waals surface area contributed by atoms with Crippen molar-refractivity contribution < 1.29 is 13.2 Å². The molecule has 1 N–H and O–H groups in total. The second kappa shape index (κ2) is 9.07. The van der Waals surface area contributed by atoms with Crippen molar-refractivity contribution in [2.24, 2.45) is 0 Å². The Balaban J connectivity index is 1.32.